The van der Waals surface area contributed by atoms with Crippen LogP contribution in [0.4, 0.5) is 5.69 Å². The van der Waals surface area contributed by atoms with Crippen LogP contribution < -0.4 is 9.46 Å². The van der Waals surface area contributed by atoms with Crippen LogP contribution in [0.25, 0.3) is 0 Å². The van der Waals surface area contributed by atoms with Crippen LogP contribution in [0.1, 0.15) is 88.1 Å². The summed E-state index contributed by atoms with van der Waals surface area (Å²) in [5.41, 5.74) is 1.48. The van der Waals surface area contributed by atoms with Gasteiger partial charge in [-0.1, -0.05) is 43.9 Å². The van der Waals surface area contributed by atoms with Crippen molar-refractivity contribution in [2.75, 3.05) is 44.6 Å². The van der Waals surface area contributed by atoms with Gasteiger partial charge in [0.05, 0.1) is 35.3 Å². The molecule has 2 aromatic rings. The highest BCUT2D eigenvalue weighted by molar-refractivity contribution is 7.92. The van der Waals surface area contributed by atoms with Gasteiger partial charge in [0, 0.05) is 37.8 Å². The number of aliphatic hydroxyl groups excluding tert-OH is 1. The summed E-state index contributed by atoms with van der Waals surface area (Å²) in [4.78, 5) is 18.6. The Kier molecular flexibility index (Phi) is 13.3. The predicted molar refractivity (Wildman–Crippen MR) is 183 cm³/mol. The molecule has 0 radical (unpaired) electrons. The second kappa shape index (κ2) is 16.9. The third-order valence-corrected chi connectivity index (χ3v) is 10.8. The van der Waals surface area contributed by atoms with Crippen molar-refractivity contribution >= 4 is 21.6 Å². The van der Waals surface area contributed by atoms with E-state index in [4.69, 9.17) is 9.47 Å². The van der Waals surface area contributed by atoms with Gasteiger partial charge in [0.25, 0.3) is 15.9 Å². The van der Waals surface area contributed by atoms with E-state index in [0.29, 0.717) is 18.9 Å². The van der Waals surface area contributed by atoms with Crippen LogP contribution >= 0.6 is 0 Å². The van der Waals surface area contributed by atoms with E-state index in [1.807, 2.05) is 20.8 Å². The quantitative estimate of drug-likeness (QED) is 0.335. The highest BCUT2D eigenvalue weighted by Crippen LogP contribution is 2.30. The number of anilines is 1. The minimum atomic E-state index is -3.88. The molecule has 4 atom stereocenters. The molecule has 1 amide bonds. The van der Waals surface area contributed by atoms with Crippen molar-refractivity contribution in [2.24, 2.45) is 11.8 Å². The molecule has 4 rings (SSSR count). The average molecular weight is 658 g/mol. The van der Waals surface area contributed by atoms with Crippen molar-refractivity contribution in [1.82, 2.24) is 9.80 Å². The van der Waals surface area contributed by atoms with E-state index < -0.39 is 16.1 Å². The van der Waals surface area contributed by atoms with Crippen molar-refractivity contribution in [3.63, 3.8) is 0 Å². The van der Waals surface area contributed by atoms with Crippen LogP contribution in [0.15, 0.2) is 47.4 Å². The first kappa shape index (κ1) is 36.2. The minimum absolute atomic E-state index is 0.0128. The lowest BCUT2D eigenvalue weighted by molar-refractivity contribution is -0.0190. The summed E-state index contributed by atoms with van der Waals surface area (Å²) in [6, 6.07) is 11.0. The summed E-state index contributed by atoms with van der Waals surface area (Å²) >= 11 is 0. The molecule has 1 aliphatic carbocycles. The molecule has 2 aromatic carbocycles. The molecule has 0 unspecified atom stereocenters. The number of nitrogens with zero attached hydrogens (tertiary/aromatic N) is 2. The molecule has 0 saturated heterocycles. The number of aryl methyl sites for hydroxylation is 1. The summed E-state index contributed by atoms with van der Waals surface area (Å²) in [7, 11) is -1.71. The van der Waals surface area contributed by atoms with Gasteiger partial charge in [0.1, 0.15) is 5.75 Å². The molecule has 0 bridgehead atoms. The lowest BCUT2D eigenvalue weighted by atomic mass is 9.89. The van der Waals surface area contributed by atoms with Crippen LogP contribution in [-0.4, -0.2) is 87.4 Å². The number of hydrogen-bond donors (Lipinski definition) is 2. The molecular weight excluding hydrogens is 602 g/mol. The molecule has 1 aliphatic heterocycles. The number of nitrogens with one attached hydrogen (secondary N) is 1. The molecular formula is C36H55N3O6S. The Labute approximate surface area is 276 Å². The van der Waals surface area contributed by atoms with Crippen molar-refractivity contribution in [3.05, 3.63) is 53.6 Å². The smallest absolute Gasteiger partial charge is 0.261 e. The van der Waals surface area contributed by atoms with Gasteiger partial charge in [-0.3, -0.25) is 9.52 Å². The lowest BCUT2D eigenvalue weighted by Gasteiger charge is -2.36. The van der Waals surface area contributed by atoms with Crippen LogP contribution in [-0.2, 0) is 14.8 Å². The Morgan fingerprint density at radius 3 is 2.39 bits per heavy atom. The monoisotopic (exact) mass is 657 g/mol. The highest BCUT2D eigenvalue weighted by atomic mass is 32.2. The number of amides is 1. The number of sulfonamides is 1. The maximum absolute atomic E-state index is 14.4. The van der Waals surface area contributed by atoms with Gasteiger partial charge < -0.3 is 24.4 Å². The van der Waals surface area contributed by atoms with Crippen LogP contribution in [0.3, 0.4) is 0 Å². The zero-order valence-electron chi connectivity index (χ0n) is 28.4. The fourth-order valence-corrected chi connectivity index (χ4v) is 7.62. The third-order valence-electron chi connectivity index (χ3n) is 9.42. The van der Waals surface area contributed by atoms with Gasteiger partial charge in [-0.05, 0) is 96.2 Å². The second-order valence-corrected chi connectivity index (χ2v) is 15.3. The molecule has 2 aliphatic rings. The van der Waals surface area contributed by atoms with E-state index in [-0.39, 0.29) is 46.8 Å². The number of hydrogen-bond acceptors (Lipinski definition) is 7. The summed E-state index contributed by atoms with van der Waals surface area (Å²) < 4.78 is 41.9. The molecule has 2 N–H and O–H groups in total. The summed E-state index contributed by atoms with van der Waals surface area (Å²) in [5, 5.41) is 10.2. The number of rotatable bonds is 9. The van der Waals surface area contributed by atoms with E-state index in [0.717, 1.165) is 43.8 Å². The van der Waals surface area contributed by atoms with E-state index in [2.05, 4.69) is 23.6 Å². The summed E-state index contributed by atoms with van der Waals surface area (Å²) in [6.45, 7) is 10.4. The van der Waals surface area contributed by atoms with Gasteiger partial charge in [0.2, 0.25) is 0 Å². The first-order valence-electron chi connectivity index (χ1n) is 17.1. The zero-order chi connectivity index (χ0) is 33.3. The maximum atomic E-state index is 14.4. The van der Waals surface area contributed by atoms with Gasteiger partial charge in [-0.15, -0.1) is 0 Å². The number of likely N-dealkylation sites (N-methyl/N-ethyl adjacent to an activating group) is 1. The average Bonchev–Trinajstić information content (AvgIpc) is 3.03. The standard InChI is InChI=1S/C36H55N3O6S/c1-26-14-17-32(18-15-26)46(42,43)37-31-16-19-34-33(21-31)36(41)39(28(3)25-40)22-27(2)35(44-20-10-9-11-29(4)45-34)24-38(5)23-30-12-7-6-8-13-30/h14-19,21,27-30,35,37,40H,6-13,20,22-25H2,1-5H3/t27-,28+,29+,35+/m1/s1. The number of benzene rings is 2. The second-order valence-electron chi connectivity index (χ2n) is 13.7. The molecule has 1 fully saturated rings. The Balaban J connectivity index is 1.62. The van der Waals surface area contributed by atoms with E-state index in [9.17, 15) is 18.3 Å². The van der Waals surface area contributed by atoms with E-state index in [1.54, 1.807) is 47.4 Å². The van der Waals surface area contributed by atoms with Crippen LogP contribution in [0.5, 0.6) is 5.75 Å². The van der Waals surface area contributed by atoms with E-state index >= 15 is 0 Å². The van der Waals surface area contributed by atoms with Crippen molar-refractivity contribution in [2.45, 2.75) is 102 Å². The Bertz CT molecular complexity index is 1360. The summed E-state index contributed by atoms with van der Waals surface area (Å²) in [5.74, 6) is 0.783. The highest BCUT2D eigenvalue weighted by Gasteiger charge is 2.31. The molecule has 256 valence electrons. The Morgan fingerprint density at radius 2 is 1.70 bits per heavy atom. The SMILES string of the molecule is Cc1ccc(S(=O)(=O)Nc2ccc3c(c2)C(=O)N([C@@H](C)CO)C[C@@H](C)[C@H](CN(C)CC2CCCCC2)OCCCC[C@H](C)O3)cc1. The first-order valence-corrected chi connectivity index (χ1v) is 18.6. The number of fused-ring (bicyclic) bond motifs is 1. The van der Waals surface area contributed by atoms with E-state index in [1.165, 1.54) is 32.1 Å². The van der Waals surface area contributed by atoms with Gasteiger partial charge >= 0.3 is 0 Å². The molecule has 9 nitrogen and oxygen atoms in total. The molecule has 1 heterocycles. The predicted octanol–water partition coefficient (Wildman–Crippen LogP) is 6.10. The molecule has 10 heteroatoms. The van der Waals surface area contributed by atoms with Gasteiger partial charge in [-0.2, -0.15) is 0 Å². The van der Waals surface area contributed by atoms with Gasteiger partial charge in [-0.25, -0.2) is 8.42 Å². The Hall–Kier alpha value is -2.66. The Morgan fingerprint density at radius 1 is 1.00 bits per heavy atom. The number of ether oxygens (including phenoxy) is 2. The minimum Gasteiger partial charge on any atom is -0.490 e. The van der Waals surface area contributed by atoms with Crippen molar-refractivity contribution in [3.8, 4) is 5.75 Å². The fraction of sp³-hybridized carbons (Fsp3) is 0.639. The number of carbonyl (C=O) groups is 1. The van der Waals surface area contributed by atoms with Crippen molar-refractivity contribution < 1.29 is 27.8 Å². The number of carbonyl (C=O) groups excluding carboxylic acids is 1. The zero-order valence-corrected chi connectivity index (χ0v) is 29.2. The van der Waals surface area contributed by atoms with Crippen LogP contribution in [0, 0.1) is 18.8 Å². The first-order chi connectivity index (χ1) is 22.0. The number of aliphatic hydroxyl groups is 1. The third kappa shape index (κ3) is 10.2. The molecule has 0 aromatic heterocycles. The normalized spacial score (nSPS) is 23.3. The summed E-state index contributed by atoms with van der Waals surface area (Å²) in [6.07, 6.45) is 8.89. The topological polar surface area (TPSA) is 108 Å². The van der Waals surface area contributed by atoms with Crippen molar-refractivity contribution in [1.29, 1.82) is 0 Å². The fourth-order valence-electron chi connectivity index (χ4n) is 6.57. The molecule has 0 spiro atoms. The van der Waals surface area contributed by atoms with Gasteiger partial charge in [0.15, 0.2) is 0 Å². The largest absolute Gasteiger partial charge is 0.490 e. The lowest BCUT2D eigenvalue weighted by Crippen LogP contribution is -2.47. The molecule has 1 saturated carbocycles. The maximum Gasteiger partial charge on any atom is 0.261 e. The van der Waals surface area contributed by atoms with Crippen LogP contribution in [0.2, 0.25) is 0 Å². The molecule has 46 heavy (non-hydrogen) atoms.